The number of carbonyl (C=O) groups is 2. The van der Waals surface area contributed by atoms with E-state index in [-0.39, 0.29) is 23.6 Å². The highest BCUT2D eigenvalue weighted by molar-refractivity contribution is 6.33. The Morgan fingerprint density at radius 2 is 1.80 bits per heavy atom. The van der Waals surface area contributed by atoms with Crippen molar-refractivity contribution in [1.82, 2.24) is 15.2 Å². The number of nitrogens with one attached hydrogen (secondary N) is 2. The Kier molecular flexibility index (Phi) is 10.9. The Hall–Kier alpha value is -3.92. The molecule has 244 valence electrons. The lowest BCUT2D eigenvalue weighted by atomic mass is 9.92. The van der Waals surface area contributed by atoms with Crippen LogP contribution in [0, 0.1) is 5.41 Å². The molecule has 1 unspecified atom stereocenters. The van der Waals surface area contributed by atoms with Crippen molar-refractivity contribution < 1.29 is 28.5 Å². The van der Waals surface area contributed by atoms with Crippen LogP contribution in [0.3, 0.4) is 0 Å². The maximum Gasteiger partial charge on any atom is 0.410 e. The van der Waals surface area contributed by atoms with Crippen molar-refractivity contribution in [3.8, 4) is 23.0 Å². The largest absolute Gasteiger partial charge is 0.493 e. The standard InChI is InChI=1S/C34H45ClN4O6/c1-33(2,3)14-16-37-31(40)38-26-12-11-23(18-25(26)35)44-28-13-15-36-27-20-30(29(42-7)19-24(27)28)43-21-22-10-8-9-17-39(22)32(41)45-34(4,5)6/h11-13,15,18-20,22H,8-10,14,16-17,21H2,1-7H3,(H2,37,38,40). The second-order valence-corrected chi connectivity index (χ2v) is 13.8. The van der Waals surface area contributed by atoms with Crippen LogP contribution in [0.2, 0.25) is 5.02 Å². The number of rotatable bonds is 9. The van der Waals surface area contributed by atoms with Crippen molar-refractivity contribution in [3.05, 3.63) is 47.6 Å². The summed E-state index contributed by atoms with van der Waals surface area (Å²) in [4.78, 5) is 31.5. The normalized spacial score (nSPS) is 15.4. The molecular formula is C34H45ClN4O6. The third kappa shape index (κ3) is 9.78. The fraction of sp³-hybridized carbons (Fsp3) is 0.500. The first-order chi connectivity index (χ1) is 21.2. The van der Waals surface area contributed by atoms with Gasteiger partial charge in [0.2, 0.25) is 0 Å². The predicted octanol–water partition coefficient (Wildman–Crippen LogP) is 8.42. The summed E-state index contributed by atoms with van der Waals surface area (Å²) in [5.74, 6) is 2.06. The number of piperidine rings is 1. The number of benzene rings is 2. The number of hydrogen-bond donors (Lipinski definition) is 2. The molecule has 1 saturated heterocycles. The first kappa shape index (κ1) is 34.0. The first-order valence-electron chi connectivity index (χ1n) is 15.3. The molecule has 0 spiro atoms. The van der Waals surface area contributed by atoms with E-state index in [0.29, 0.717) is 64.3 Å². The number of ether oxygens (including phenoxy) is 4. The maximum atomic E-state index is 12.8. The summed E-state index contributed by atoms with van der Waals surface area (Å²) in [6.45, 7) is 13.4. The highest BCUT2D eigenvalue weighted by atomic mass is 35.5. The van der Waals surface area contributed by atoms with Gasteiger partial charge in [-0.2, -0.15) is 0 Å². The van der Waals surface area contributed by atoms with Gasteiger partial charge in [0.1, 0.15) is 23.7 Å². The van der Waals surface area contributed by atoms with Gasteiger partial charge in [-0.1, -0.05) is 32.4 Å². The summed E-state index contributed by atoms with van der Waals surface area (Å²) < 4.78 is 23.7. The van der Waals surface area contributed by atoms with Crippen LogP contribution < -0.4 is 24.8 Å². The van der Waals surface area contributed by atoms with Crippen molar-refractivity contribution in [2.45, 2.75) is 78.9 Å². The number of halogens is 1. The first-order valence-corrected chi connectivity index (χ1v) is 15.7. The van der Waals surface area contributed by atoms with Crippen molar-refractivity contribution in [2.75, 3.05) is 32.1 Å². The average molecular weight is 641 g/mol. The van der Waals surface area contributed by atoms with Gasteiger partial charge < -0.3 is 34.5 Å². The highest BCUT2D eigenvalue weighted by Crippen LogP contribution is 2.38. The van der Waals surface area contributed by atoms with Gasteiger partial charge in [0, 0.05) is 36.8 Å². The number of hydrogen-bond acceptors (Lipinski definition) is 7. The smallest absolute Gasteiger partial charge is 0.410 e. The fourth-order valence-corrected chi connectivity index (χ4v) is 5.13. The van der Waals surface area contributed by atoms with Crippen LogP contribution in [0.25, 0.3) is 10.9 Å². The highest BCUT2D eigenvalue weighted by Gasteiger charge is 2.31. The van der Waals surface area contributed by atoms with Gasteiger partial charge in [0.15, 0.2) is 11.5 Å². The summed E-state index contributed by atoms with van der Waals surface area (Å²) in [5.41, 5.74) is 0.676. The summed E-state index contributed by atoms with van der Waals surface area (Å²) >= 11 is 6.49. The van der Waals surface area contributed by atoms with Gasteiger partial charge in [-0.15, -0.1) is 0 Å². The minimum Gasteiger partial charge on any atom is -0.493 e. The second-order valence-electron chi connectivity index (χ2n) is 13.4. The number of anilines is 1. The van der Waals surface area contributed by atoms with E-state index in [1.807, 2.05) is 26.8 Å². The van der Waals surface area contributed by atoms with E-state index in [9.17, 15) is 9.59 Å². The number of aromatic nitrogens is 1. The van der Waals surface area contributed by atoms with Gasteiger partial charge in [0.05, 0.1) is 29.4 Å². The molecule has 3 amide bonds. The number of fused-ring (bicyclic) bond motifs is 1. The average Bonchev–Trinajstić information content (AvgIpc) is 2.95. The van der Waals surface area contributed by atoms with E-state index >= 15 is 0 Å². The number of amides is 3. The summed E-state index contributed by atoms with van der Waals surface area (Å²) in [7, 11) is 1.57. The third-order valence-corrected chi connectivity index (χ3v) is 7.56. The quantitative estimate of drug-likeness (QED) is 0.241. The van der Waals surface area contributed by atoms with Crippen LogP contribution in [0.15, 0.2) is 42.6 Å². The monoisotopic (exact) mass is 640 g/mol. The molecule has 0 bridgehead atoms. The molecule has 1 atom stereocenters. The summed E-state index contributed by atoms with van der Waals surface area (Å²) in [6.07, 6.45) is 4.94. The molecule has 0 aliphatic carbocycles. The van der Waals surface area contributed by atoms with Gasteiger partial charge in [-0.05, 0) is 76.1 Å². The van der Waals surface area contributed by atoms with Gasteiger partial charge >= 0.3 is 12.1 Å². The molecule has 11 heteroatoms. The second kappa shape index (κ2) is 14.5. The molecule has 2 heterocycles. The molecule has 4 rings (SSSR count). The maximum absolute atomic E-state index is 12.8. The van der Waals surface area contributed by atoms with Crippen LogP contribution in [0.5, 0.6) is 23.0 Å². The molecule has 1 fully saturated rings. The number of likely N-dealkylation sites (tertiary alicyclic amines) is 1. The molecule has 0 saturated carbocycles. The molecule has 1 aliphatic heterocycles. The Morgan fingerprint density at radius 3 is 2.49 bits per heavy atom. The van der Waals surface area contributed by atoms with E-state index < -0.39 is 5.60 Å². The van der Waals surface area contributed by atoms with Crippen LogP contribution in [0.1, 0.15) is 67.2 Å². The Bertz CT molecular complexity index is 1500. The number of methoxy groups -OCH3 is 1. The van der Waals surface area contributed by atoms with E-state index in [4.69, 9.17) is 30.5 Å². The minimum atomic E-state index is -0.570. The fourth-order valence-electron chi connectivity index (χ4n) is 4.92. The Balaban J connectivity index is 1.46. The van der Waals surface area contributed by atoms with Crippen LogP contribution in [-0.2, 0) is 4.74 Å². The number of pyridine rings is 1. The van der Waals surface area contributed by atoms with E-state index in [1.165, 1.54) is 0 Å². The zero-order valence-corrected chi connectivity index (χ0v) is 28.0. The van der Waals surface area contributed by atoms with Crippen molar-refractivity contribution in [2.24, 2.45) is 5.41 Å². The summed E-state index contributed by atoms with van der Waals surface area (Å²) in [6, 6.07) is 10.0. The van der Waals surface area contributed by atoms with Crippen molar-refractivity contribution in [1.29, 1.82) is 0 Å². The van der Waals surface area contributed by atoms with E-state index in [2.05, 4.69) is 36.4 Å². The molecule has 3 aromatic rings. The molecule has 1 aromatic heterocycles. The van der Waals surface area contributed by atoms with E-state index in [1.54, 1.807) is 48.5 Å². The van der Waals surface area contributed by atoms with Gasteiger partial charge in [-0.3, -0.25) is 4.98 Å². The third-order valence-electron chi connectivity index (χ3n) is 7.25. The van der Waals surface area contributed by atoms with Gasteiger partial charge in [-0.25, -0.2) is 9.59 Å². The lowest BCUT2D eigenvalue weighted by molar-refractivity contribution is 0.00350. The SMILES string of the molecule is COc1cc2c(Oc3ccc(NC(=O)NCCC(C)(C)C)c(Cl)c3)ccnc2cc1OCC1CCCCN1C(=O)OC(C)(C)C. The lowest BCUT2D eigenvalue weighted by Crippen LogP contribution is -2.48. The Labute approximate surface area is 270 Å². The lowest BCUT2D eigenvalue weighted by Gasteiger charge is -2.36. The zero-order valence-electron chi connectivity index (χ0n) is 27.3. The summed E-state index contributed by atoms with van der Waals surface area (Å²) in [5, 5.41) is 6.70. The molecule has 2 aromatic carbocycles. The molecule has 2 N–H and O–H groups in total. The molecule has 1 aliphatic rings. The topological polar surface area (TPSA) is 111 Å². The van der Waals surface area contributed by atoms with Crippen LogP contribution in [-0.4, -0.2) is 60.5 Å². The zero-order chi connectivity index (χ0) is 32.8. The number of nitrogens with zero attached hydrogens (tertiary/aromatic N) is 2. The molecule has 10 nitrogen and oxygen atoms in total. The molecule has 0 radical (unpaired) electrons. The van der Waals surface area contributed by atoms with Crippen LogP contribution >= 0.6 is 11.6 Å². The molecule has 45 heavy (non-hydrogen) atoms. The minimum absolute atomic E-state index is 0.117. The van der Waals surface area contributed by atoms with Crippen molar-refractivity contribution >= 4 is 40.3 Å². The van der Waals surface area contributed by atoms with Gasteiger partial charge in [0.25, 0.3) is 0 Å². The Morgan fingerprint density at radius 1 is 1.02 bits per heavy atom. The predicted molar refractivity (Wildman–Crippen MR) is 177 cm³/mol. The van der Waals surface area contributed by atoms with Crippen LogP contribution in [0.4, 0.5) is 15.3 Å². The molecular weight excluding hydrogens is 596 g/mol. The number of carbonyl (C=O) groups excluding carboxylic acids is 2. The van der Waals surface area contributed by atoms with E-state index in [0.717, 1.165) is 25.7 Å². The van der Waals surface area contributed by atoms with Crippen molar-refractivity contribution in [3.63, 3.8) is 0 Å². The number of urea groups is 1.